The maximum absolute atomic E-state index is 13.4. The fraction of sp³-hybridized carbons (Fsp3) is 0.545. The van der Waals surface area contributed by atoms with E-state index < -0.39 is 11.5 Å². The molecule has 0 saturated heterocycles. The van der Waals surface area contributed by atoms with Crippen molar-refractivity contribution in [2.45, 2.75) is 37.3 Å². The zero-order valence-corrected chi connectivity index (χ0v) is 11.1. The van der Waals surface area contributed by atoms with Gasteiger partial charge in [0.2, 0.25) is 5.50 Å². The van der Waals surface area contributed by atoms with Crippen LogP contribution >= 0.6 is 11.8 Å². The molecule has 0 aliphatic rings. The van der Waals surface area contributed by atoms with Gasteiger partial charge < -0.3 is 9.72 Å². The summed E-state index contributed by atoms with van der Waals surface area (Å²) in [6, 6.07) is 1.37. The molecule has 1 N–H and O–H groups in total. The Hall–Kier alpha value is -1.37. The quantitative estimate of drug-likeness (QED) is 0.485. The largest absolute Gasteiger partial charge is 0.463 e. The van der Waals surface area contributed by atoms with E-state index in [0.29, 0.717) is 23.9 Å². The van der Waals surface area contributed by atoms with Crippen LogP contribution in [-0.2, 0) is 16.0 Å². The van der Waals surface area contributed by atoms with Crippen LogP contribution in [0, 0.1) is 0 Å². The van der Waals surface area contributed by atoms with Crippen molar-refractivity contribution in [3.05, 3.63) is 22.1 Å². The molecule has 18 heavy (non-hydrogen) atoms. The van der Waals surface area contributed by atoms with Crippen LogP contribution in [0.1, 0.15) is 26.0 Å². The summed E-state index contributed by atoms with van der Waals surface area (Å²) in [4.78, 5) is 28.9. The molecule has 0 saturated carbocycles. The van der Waals surface area contributed by atoms with E-state index in [-0.39, 0.29) is 17.3 Å². The third-order valence-corrected chi connectivity index (χ3v) is 2.78. The van der Waals surface area contributed by atoms with Crippen LogP contribution in [0.25, 0.3) is 0 Å². The van der Waals surface area contributed by atoms with Crippen LogP contribution in [0.5, 0.6) is 0 Å². The van der Waals surface area contributed by atoms with Gasteiger partial charge in [-0.3, -0.25) is 4.79 Å². The molecule has 0 fully saturated rings. The molecule has 1 aromatic rings. The van der Waals surface area contributed by atoms with Crippen molar-refractivity contribution in [1.29, 1.82) is 0 Å². The molecule has 0 bridgehead atoms. The lowest BCUT2D eigenvalue weighted by molar-refractivity contribution is -0.145. The summed E-state index contributed by atoms with van der Waals surface area (Å²) in [6.45, 7) is 3.66. The predicted molar refractivity (Wildman–Crippen MR) is 66.2 cm³/mol. The molecule has 1 unspecified atom stereocenters. The summed E-state index contributed by atoms with van der Waals surface area (Å²) >= 11 is 0.538. The molecular formula is C11H15FN2O3S. The van der Waals surface area contributed by atoms with Crippen LogP contribution in [0.15, 0.2) is 16.0 Å². The number of halogens is 1. The second kappa shape index (κ2) is 7.15. The van der Waals surface area contributed by atoms with Gasteiger partial charge >= 0.3 is 5.97 Å². The number of aromatic nitrogens is 2. The summed E-state index contributed by atoms with van der Waals surface area (Å²) in [7, 11) is 0. The number of hydrogen-bond donors (Lipinski definition) is 1. The first kappa shape index (κ1) is 14.7. The highest BCUT2D eigenvalue weighted by molar-refractivity contribution is 8.00. The summed E-state index contributed by atoms with van der Waals surface area (Å²) in [5, 5.41) is 0.0894. The second-order valence-electron chi connectivity index (χ2n) is 3.48. The number of aryl methyl sites for hydroxylation is 1. The Morgan fingerprint density at radius 3 is 2.94 bits per heavy atom. The van der Waals surface area contributed by atoms with Crippen LogP contribution < -0.4 is 5.56 Å². The van der Waals surface area contributed by atoms with Crippen LogP contribution in [0.2, 0.25) is 0 Å². The van der Waals surface area contributed by atoms with Gasteiger partial charge in [-0.2, -0.15) is 0 Å². The maximum Gasteiger partial charge on any atom is 0.351 e. The number of carbonyl (C=O) groups is 1. The van der Waals surface area contributed by atoms with Crippen molar-refractivity contribution < 1.29 is 13.9 Å². The van der Waals surface area contributed by atoms with Gasteiger partial charge in [-0.15, -0.1) is 0 Å². The zero-order chi connectivity index (χ0) is 13.5. The van der Waals surface area contributed by atoms with E-state index in [1.54, 1.807) is 6.92 Å². The number of aromatic amines is 1. The molecule has 7 heteroatoms. The van der Waals surface area contributed by atoms with E-state index >= 15 is 0 Å². The van der Waals surface area contributed by atoms with Gasteiger partial charge in [0.15, 0.2) is 5.16 Å². The van der Waals surface area contributed by atoms with E-state index in [9.17, 15) is 14.0 Å². The van der Waals surface area contributed by atoms with E-state index in [0.717, 1.165) is 6.42 Å². The third kappa shape index (κ3) is 4.48. The summed E-state index contributed by atoms with van der Waals surface area (Å²) in [5.41, 5.74) is -1.66. The number of alkyl halides is 1. The molecule has 1 rings (SSSR count). The Bertz CT molecular complexity index is 464. The highest BCUT2D eigenvalue weighted by Gasteiger charge is 2.21. The van der Waals surface area contributed by atoms with Crippen molar-refractivity contribution in [3.63, 3.8) is 0 Å². The molecule has 0 amide bonds. The van der Waals surface area contributed by atoms with Gasteiger partial charge in [0, 0.05) is 11.8 Å². The van der Waals surface area contributed by atoms with Gasteiger partial charge in [-0.1, -0.05) is 13.3 Å². The Balaban J connectivity index is 2.77. The Morgan fingerprint density at radius 1 is 1.61 bits per heavy atom. The average Bonchev–Trinajstić information content (AvgIpc) is 2.28. The van der Waals surface area contributed by atoms with Gasteiger partial charge in [0.25, 0.3) is 5.56 Å². The standard InChI is InChI=1S/C11H15FN2O3S/c1-3-5-7-6-8(15)14-11(13-7)18-9(12)10(16)17-4-2/h6,9H,3-5H2,1-2H3,(H,13,14,15). The minimum Gasteiger partial charge on any atom is -0.463 e. The van der Waals surface area contributed by atoms with E-state index in [1.165, 1.54) is 6.07 Å². The minimum absolute atomic E-state index is 0.0894. The first-order valence-corrected chi connectivity index (χ1v) is 6.52. The van der Waals surface area contributed by atoms with Crippen molar-refractivity contribution in [3.8, 4) is 0 Å². The normalized spacial score (nSPS) is 12.2. The smallest absolute Gasteiger partial charge is 0.351 e. The van der Waals surface area contributed by atoms with E-state index in [4.69, 9.17) is 0 Å². The number of ether oxygens (including phenoxy) is 1. The lowest BCUT2D eigenvalue weighted by Gasteiger charge is -2.07. The molecule has 0 aromatic carbocycles. The SMILES string of the molecule is CCCc1cc(=O)[nH]c(SC(F)C(=O)OCC)n1. The average molecular weight is 274 g/mol. The number of rotatable bonds is 6. The summed E-state index contributed by atoms with van der Waals surface area (Å²) in [6.07, 6.45) is 1.46. The third-order valence-electron chi connectivity index (χ3n) is 1.97. The number of H-pyrrole nitrogens is 1. The van der Waals surface area contributed by atoms with Gasteiger partial charge in [0.05, 0.1) is 6.61 Å². The lowest BCUT2D eigenvalue weighted by atomic mass is 10.2. The van der Waals surface area contributed by atoms with Gasteiger partial charge in [-0.25, -0.2) is 14.2 Å². The van der Waals surface area contributed by atoms with E-state index in [2.05, 4.69) is 14.7 Å². The molecule has 1 atom stereocenters. The van der Waals surface area contributed by atoms with Crippen LogP contribution in [0.4, 0.5) is 4.39 Å². The molecule has 0 spiro atoms. The highest BCUT2D eigenvalue weighted by Crippen LogP contribution is 2.21. The predicted octanol–water partition coefficient (Wildman–Crippen LogP) is 1.67. The fourth-order valence-corrected chi connectivity index (χ4v) is 1.97. The minimum atomic E-state index is -1.88. The molecule has 0 aliphatic carbocycles. The number of nitrogens with zero attached hydrogens (tertiary/aromatic N) is 1. The molecule has 1 aromatic heterocycles. The first-order chi connectivity index (χ1) is 8.56. The highest BCUT2D eigenvalue weighted by atomic mass is 32.2. The first-order valence-electron chi connectivity index (χ1n) is 5.64. The Morgan fingerprint density at radius 2 is 2.33 bits per heavy atom. The summed E-state index contributed by atoms with van der Waals surface area (Å²) < 4.78 is 18.0. The monoisotopic (exact) mass is 274 g/mol. The maximum atomic E-state index is 13.4. The van der Waals surface area contributed by atoms with Crippen LogP contribution in [-0.4, -0.2) is 28.0 Å². The fourth-order valence-electron chi connectivity index (χ4n) is 1.28. The summed E-state index contributed by atoms with van der Waals surface area (Å²) in [5.74, 6) is -0.967. The number of carbonyl (C=O) groups excluding carboxylic acids is 1. The molecule has 0 radical (unpaired) electrons. The van der Waals surface area contributed by atoms with Crippen LogP contribution in [0.3, 0.4) is 0 Å². The number of thioether (sulfide) groups is 1. The van der Waals surface area contributed by atoms with Gasteiger partial charge in [-0.05, 0) is 25.1 Å². The number of nitrogens with one attached hydrogen (secondary N) is 1. The van der Waals surface area contributed by atoms with Crippen molar-refractivity contribution in [2.24, 2.45) is 0 Å². The van der Waals surface area contributed by atoms with Gasteiger partial charge in [0.1, 0.15) is 0 Å². The molecule has 0 aliphatic heterocycles. The second-order valence-corrected chi connectivity index (χ2v) is 4.51. The Labute approximate surface area is 108 Å². The zero-order valence-electron chi connectivity index (χ0n) is 10.2. The van der Waals surface area contributed by atoms with Crippen molar-refractivity contribution in [1.82, 2.24) is 9.97 Å². The number of hydrogen-bond acceptors (Lipinski definition) is 5. The molecule has 1 heterocycles. The van der Waals surface area contributed by atoms with Crippen molar-refractivity contribution in [2.75, 3.05) is 6.61 Å². The van der Waals surface area contributed by atoms with E-state index in [1.807, 2.05) is 6.92 Å². The Kier molecular flexibility index (Phi) is 5.84. The molecule has 100 valence electrons. The number of esters is 1. The van der Waals surface area contributed by atoms with Crippen molar-refractivity contribution >= 4 is 17.7 Å². The molecule has 5 nitrogen and oxygen atoms in total. The lowest BCUT2D eigenvalue weighted by Crippen LogP contribution is -2.17. The topological polar surface area (TPSA) is 72.0 Å². The molecular weight excluding hydrogens is 259 g/mol.